The number of nitrogens with zero attached hydrogens (tertiary/aromatic N) is 1. The highest BCUT2D eigenvalue weighted by Crippen LogP contribution is 2.35. The van der Waals surface area contributed by atoms with Gasteiger partial charge in [-0.25, -0.2) is 4.99 Å². The van der Waals surface area contributed by atoms with Crippen molar-refractivity contribution in [2.45, 2.75) is 13.1 Å². The number of rotatable bonds is 8. The van der Waals surface area contributed by atoms with Crippen molar-refractivity contribution >= 4 is 29.7 Å². The Kier molecular flexibility index (Phi) is 8.39. The summed E-state index contributed by atoms with van der Waals surface area (Å²) >= 11 is 0. The molecule has 10 heteroatoms. The van der Waals surface area contributed by atoms with Crippen LogP contribution < -0.4 is 25.4 Å². The first kappa shape index (κ1) is 26.1. The lowest BCUT2D eigenvalue weighted by Crippen LogP contribution is -2.26. The Morgan fingerprint density at radius 1 is 1.00 bits per heavy atom. The summed E-state index contributed by atoms with van der Waals surface area (Å²) in [6, 6.07) is 11.3. The number of amidine groups is 1. The zero-order chi connectivity index (χ0) is 24.8. The van der Waals surface area contributed by atoms with Crippen LogP contribution in [0, 0.1) is 0 Å². The van der Waals surface area contributed by atoms with Gasteiger partial charge in [0.05, 0.1) is 19.8 Å². The van der Waals surface area contributed by atoms with E-state index in [0.29, 0.717) is 28.2 Å². The van der Waals surface area contributed by atoms with E-state index >= 15 is 0 Å². The number of methoxy groups -OCH3 is 2. The monoisotopic (exact) mass is 481 g/mol. The second-order valence-electron chi connectivity index (χ2n) is 7.32. The van der Waals surface area contributed by atoms with Crippen molar-refractivity contribution in [1.82, 2.24) is 0 Å². The molecule has 0 aliphatic carbocycles. The van der Waals surface area contributed by atoms with Crippen LogP contribution in [0.25, 0.3) is 0 Å². The minimum Gasteiger partial charge on any atom is -0.493 e. The van der Waals surface area contributed by atoms with Gasteiger partial charge in [-0.3, -0.25) is 0 Å². The lowest BCUT2D eigenvalue weighted by atomic mass is 10.2. The Hall–Kier alpha value is -3.19. The number of alkyl halides is 3. The molecule has 6 nitrogen and oxygen atoms in total. The first-order valence-corrected chi connectivity index (χ1v) is 12.4. The van der Waals surface area contributed by atoms with Crippen LogP contribution in [0.4, 0.5) is 24.5 Å². The van der Waals surface area contributed by atoms with Crippen LogP contribution in [-0.4, -0.2) is 39.6 Å². The van der Waals surface area contributed by atoms with Crippen molar-refractivity contribution in [2.24, 2.45) is 4.99 Å². The number of ether oxygens (including phenoxy) is 2. The summed E-state index contributed by atoms with van der Waals surface area (Å²) in [7, 11) is 0.465. The maximum atomic E-state index is 13.7. The van der Waals surface area contributed by atoms with E-state index in [0.717, 1.165) is 6.08 Å². The van der Waals surface area contributed by atoms with E-state index in [4.69, 9.17) is 9.47 Å². The maximum absolute atomic E-state index is 13.7. The van der Waals surface area contributed by atoms with E-state index in [1.54, 1.807) is 49.7 Å². The SMILES string of the molecule is C=C(/N=C(Nc1ccc(OC)c(OC)c1)\C(=C/C)C(F)(F)F)Nc1ccc(P(C)(C)=O)cc1. The summed E-state index contributed by atoms with van der Waals surface area (Å²) in [4.78, 5) is 4.06. The van der Waals surface area contributed by atoms with Gasteiger partial charge >= 0.3 is 6.18 Å². The van der Waals surface area contributed by atoms with Crippen LogP contribution in [0.3, 0.4) is 0 Å². The number of anilines is 2. The van der Waals surface area contributed by atoms with Crippen LogP contribution in [0.1, 0.15) is 6.92 Å². The molecule has 0 aromatic heterocycles. The first-order valence-electron chi connectivity index (χ1n) is 9.82. The quantitative estimate of drug-likeness (QED) is 0.281. The summed E-state index contributed by atoms with van der Waals surface area (Å²) < 4.78 is 63.5. The minimum atomic E-state index is -4.65. The van der Waals surface area contributed by atoms with Crippen LogP contribution in [0.2, 0.25) is 0 Å². The lowest BCUT2D eigenvalue weighted by Gasteiger charge is -2.18. The van der Waals surface area contributed by atoms with Gasteiger partial charge in [0, 0.05) is 22.7 Å². The van der Waals surface area contributed by atoms with Crippen molar-refractivity contribution in [3.63, 3.8) is 0 Å². The van der Waals surface area contributed by atoms with Gasteiger partial charge < -0.3 is 24.7 Å². The average Bonchev–Trinajstić information content (AvgIpc) is 2.72. The number of allylic oxidation sites excluding steroid dienone is 1. The summed E-state index contributed by atoms with van der Waals surface area (Å²) in [5, 5.41) is 6.24. The average molecular weight is 481 g/mol. The number of nitrogens with one attached hydrogen (secondary N) is 2. The Morgan fingerprint density at radius 3 is 2.06 bits per heavy atom. The zero-order valence-electron chi connectivity index (χ0n) is 19.1. The van der Waals surface area contributed by atoms with Gasteiger partial charge in [0.15, 0.2) is 11.5 Å². The molecule has 0 amide bonds. The molecule has 0 fully saturated rings. The summed E-state index contributed by atoms with van der Waals surface area (Å²) in [5.74, 6) is 0.308. The van der Waals surface area contributed by atoms with E-state index in [1.807, 2.05) is 0 Å². The van der Waals surface area contributed by atoms with E-state index in [2.05, 4.69) is 22.2 Å². The Bertz CT molecular complexity index is 1100. The van der Waals surface area contributed by atoms with Crippen LogP contribution in [0.15, 0.2) is 71.5 Å². The highest BCUT2D eigenvalue weighted by molar-refractivity contribution is 7.70. The van der Waals surface area contributed by atoms with Crippen molar-refractivity contribution < 1.29 is 27.2 Å². The molecule has 0 unspecified atom stereocenters. The molecule has 178 valence electrons. The standard InChI is InChI=1S/C23H27F3N3O3P/c1-7-19(23(24,25)26)22(29-17-10-13-20(31-3)21(14-17)32-4)28-15(2)27-16-8-11-18(12-9-16)33(5,6)30/h7-14,27H,2H2,1,3-6H3,(H,28,29)/b19-7+. The predicted octanol–water partition coefficient (Wildman–Crippen LogP) is 5.85. The number of hydrogen-bond acceptors (Lipinski definition) is 5. The molecule has 2 aromatic carbocycles. The molecule has 0 bridgehead atoms. The zero-order valence-corrected chi connectivity index (χ0v) is 20.0. The van der Waals surface area contributed by atoms with E-state index < -0.39 is 24.7 Å². The molecule has 0 heterocycles. The van der Waals surface area contributed by atoms with Gasteiger partial charge in [-0.2, -0.15) is 13.2 Å². The number of hydrogen-bond donors (Lipinski definition) is 2. The Morgan fingerprint density at radius 2 is 1.58 bits per heavy atom. The van der Waals surface area contributed by atoms with Crippen LogP contribution >= 0.6 is 7.14 Å². The Labute approximate surface area is 191 Å². The molecular formula is C23H27F3N3O3P. The highest BCUT2D eigenvalue weighted by Gasteiger charge is 2.36. The normalized spacial score (nSPS) is 12.8. The van der Waals surface area contributed by atoms with Crippen molar-refractivity contribution in [2.75, 3.05) is 38.2 Å². The molecule has 0 saturated carbocycles. The third-order valence-electron chi connectivity index (χ3n) is 4.52. The lowest BCUT2D eigenvalue weighted by molar-refractivity contribution is -0.0861. The summed E-state index contributed by atoms with van der Waals surface area (Å²) in [6.07, 6.45) is -3.73. The molecule has 0 aliphatic heterocycles. The fourth-order valence-corrected chi connectivity index (χ4v) is 3.74. The van der Waals surface area contributed by atoms with Gasteiger partial charge in [0.1, 0.15) is 18.8 Å². The molecule has 0 spiro atoms. The third-order valence-corrected chi connectivity index (χ3v) is 6.06. The molecule has 2 N–H and O–H groups in total. The highest BCUT2D eigenvalue weighted by atomic mass is 31.2. The largest absolute Gasteiger partial charge is 0.493 e. The fraction of sp³-hybridized carbons (Fsp3) is 0.261. The minimum absolute atomic E-state index is 0.0227. The van der Waals surface area contributed by atoms with Crippen LogP contribution in [-0.2, 0) is 4.57 Å². The molecule has 0 atom stereocenters. The van der Waals surface area contributed by atoms with Crippen molar-refractivity contribution in [1.29, 1.82) is 0 Å². The van der Waals surface area contributed by atoms with E-state index in [9.17, 15) is 17.7 Å². The van der Waals surface area contributed by atoms with Crippen molar-refractivity contribution in [3.05, 3.63) is 66.5 Å². The predicted molar refractivity (Wildman–Crippen MR) is 129 cm³/mol. The molecule has 0 aliphatic rings. The number of halogens is 3. The Balaban J connectivity index is 2.37. The second kappa shape index (κ2) is 10.6. The number of aliphatic imine (C=N–C) groups is 1. The molecule has 0 saturated heterocycles. The van der Waals surface area contributed by atoms with Crippen molar-refractivity contribution in [3.8, 4) is 11.5 Å². The first-order chi connectivity index (χ1) is 15.4. The molecule has 2 rings (SSSR count). The van der Waals surface area contributed by atoms with Crippen LogP contribution in [0.5, 0.6) is 11.5 Å². The fourth-order valence-electron chi connectivity index (χ4n) is 2.87. The van der Waals surface area contributed by atoms with E-state index in [1.165, 1.54) is 27.2 Å². The van der Waals surface area contributed by atoms with E-state index in [-0.39, 0.29) is 5.82 Å². The molecule has 0 radical (unpaired) electrons. The molecule has 33 heavy (non-hydrogen) atoms. The van der Waals surface area contributed by atoms with Gasteiger partial charge in [-0.05, 0) is 56.7 Å². The topological polar surface area (TPSA) is 72.0 Å². The van der Waals surface area contributed by atoms with Gasteiger partial charge in [0.25, 0.3) is 0 Å². The maximum Gasteiger partial charge on any atom is 0.419 e. The van der Waals surface area contributed by atoms with Gasteiger partial charge in [-0.15, -0.1) is 0 Å². The number of benzene rings is 2. The summed E-state index contributed by atoms with van der Waals surface area (Å²) in [6.45, 7) is 8.31. The smallest absolute Gasteiger partial charge is 0.419 e. The third kappa shape index (κ3) is 7.15. The van der Waals surface area contributed by atoms with Gasteiger partial charge in [0.2, 0.25) is 0 Å². The molecular weight excluding hydrogens is 454 g/mol. The van der Waals surface area contributed by atoms with Gasteiger partial charge in [-0.1, -0.05) is 12.7 Å². The summed E-state index contributed by atoms with van der Waals surface area (Å²) in [5.41, 5.74) is -0.109. The second-order valence-corrected chi connectivity index (χ2v) is 10.5. The molecule has 2 aromatic rings.